The van der Waals surface area contributed by atoms with Crippen LogP contribution in [0.25, 0.3) is 0 Å². The van der Waals surface area contributed by atoms with Crippen molar-refractivity contribution in [1.29, 1.82) is 0 Å². The molecule has 0 spiro atoms. The lowest BCUT2D eigenvalue weighted by Gasteiger charge is -2.28. The molecule has 5 heteroatoms. The average Bonchev–Trinajstić information content (AvgIpc) is 3.05. The summed E-state index contributed by atoms with van der Waals surface area (Å²) in [6, 6.07) is 8.04. The molecule has 1 saturated carbocycles. The standard InChI is InChI=1S/C24H33ClN2OS/c25-21-12-7-11-20(18-21)24-27(16-8-15-26-13-5-2-6-14-26)23(28)22(29-24)17-19-9-3-1-4-10-19/h7,11-12,17-19,24H,1-6,8-10,13-16H2/b22-17+. The monoisotopic (exact) mass is 432 g/mol. The molecular formula is C24H33ClN2OS. The number of hydrogen-bond acceptors (Lipinski definition) is 3. The number of halogens is 1. The van der Waals surface area contributed by atoms with Gasteiger partial charge in [-0.15, -0.1) is 0 Å². The number of hydrogen-bond donors (Lipinski definition) is 0. The van der Waals surface area contributed by atoms with Crippen molar-refractivity contribution in [2.45, 2.75) is 63.2 Å². The van der Waals surface area contributed by atoms with Gasteiger partial charge in [0.2, 0.25) is 0 Å². The number of carbonyl (C=O) groups excluding carboxylic acids is 1. The number of nitrogens with zero attached hydrogens (tertiary/aromatic N) is 2. The average molecular weight is 433 g/mol. The van der Waals surface area contributed by atoms with E-state index in [-0.39, 0.29) is 11.3 Å². The van der Waals surface area contributed by atoms with Gasteiger partial charge in [0.1, 0.15) is 5.37 Å². The Labute approximate surface area is 184 Å². The number of carbonyl (C=O) groups is 1. The molecule has 3 fully saturated rings. The van der Waals surface area contributed by atoms with Crippen molar-refractivity contribution in [3.63, 3.8) is 0 Å². The van der Waals surface area contributed by atoms with E-state index in [1.54, 1.807) is 11.8 Å². The van der Waals surface area contributed by atoms with E-state index in [0.29, 0.717) is 5.92 Å². The van der Waals surface area contributed by atoms with Gasteiger partial charge in [-0.25, -0.2) is 0 Å². The van der Waals surface area contributed by atoms with Crippen molar-refractivity contribution < 1.29 is 4.79 Å². The Balaban J connectivity index is 1.46. The maximum Gasteiger partial charge on any atom is 0.261 e. The number of rotatable bonds is 6. The van der Waals surface area contributed by atoms with Crippen LogP contribution in [0.3, 0.4) is 0 Å². The Bertz CT molecular complexity index is 725. The SMILES string of the molecule is O=C1/C(=C\C2CCCCC2)SC(c2cccc(Cl)c2)N1CCCN1CCCCC1. The Hall–Kier alpha value is -0.970. The van der Waals surface area contributed by atoms with Gasteiger partial charge in [0, 0.05) is 11.6 Å². The first kappa shape index (κ1) is 21.3. The molecule has 3 aliphatic rings. The third kappa shape index (κ3) is 5.59. The predicted octanol–water partition coefficient (Wildman–Crippen LogP) is 6.25. The van der Waals surface area contributed by atoms with E-state index >= 15 is 0 Å². The molecule has 29 heavy (non-hydrogen) atoms. The molecule has 2 aliphatic heterocycles. The second-order valence-corrected chi connectivity index (χ2v) is 10.3. The van der Waals surface area contributed by atoms with Crippen LogP contribution in [0.4, 0.5) is 0 Å². The van der Waals surface area contributed by atoms with Crippen molar-refractivity contribution in [2.75, 3.05) is 26.2 Å². The molecule has 0 radical (unpaired) electrons. The van der Waals surface area contributed by atoms with Gasteiger partial charge in [0.25, 0.3) is 5.91 Å². The number of allylic oxidation sites excluding steroid dienone is 1. The third-order valence-electron chi connectivity index (χ3n) is 6.49. The lowest BCUT2D eigenvalue weighted by molar-refractivity contribution is -0.126. The van der Waals surface area contributed by atoms with E-state index in [4.69, 9.17) is 11.6 Å². The summed E-state index contributed by atoms with van der Waals surface area (Å²) in [6.07, 6.45) is 13.7. The zero-order valence-electron chi connectivity index (χ0n) is 17.3. The molecule has 1 atom stereocenters. The smallest absolute Gasteiger partial charge is 0.261 e. The van der Waals surface area contributed by atoms with Gasteiger partial charge in [0.15, 0.2) is 0 Å². The lowest BCUT2D eigenvalue weighted by Crippen LogP contribution is -2.34. The van der Waals surface area contributed by atoms with Gasteiger partial charge in [-0.3, -0.25) is 4.79 Å². The van der Waals surface area contributed by atoms with Crippen LogP contribution in [0.2, 0.25) is 5.02 Å². The molecule has 3 nitrogen and oxygen atoms in total. The largest absolute Gasteiger partial charge is 0.322 e. The van der Waals surface area contributed by atoms with E-state index in [0.717, 1.165) is 35.0 Å². The van der Waals surface area contributed by atoms with Gasteiger partial charge < -0.3 is 9.80 Å². The zero-order chi connectivity index (χ0) is 20.1. The van der Waals surface area contributed by atoms with Gasteiger partial charge in [0.05, 0.1) is 4.91 Å². The fourth-order valence-electron chi connectivity index (χ4n) is 4.88. The van der Waals surface area contributed by atoms with Crippen LogP contribution in [-0.2, 0) is 4.79 Å². The summed E-state index contributed by atoms with van der Waals surface area (Å²) < 4.78 is 0. The van der Waals surface area contributed by atoms with Gasteiger partial charge in [-0.05, 0) is 75.4 Å². The Morgan fingerprint density at radius 1 is 1.03 bits per heavy atom. The molecule has 1 unspecified atom stereocenters. The maximum absolute atomic E-state index is 13.3. The van der Waals surface area contributed by atoms with Gasteiger partial charge in [-0.1, -0.05) is 67.3 Å². The quantitative estimate of drug-likeness (QED) is 0.496. The van der Waals surface area contributed by atoms with Crippen molar-refractivity contribution in [3.05, 3.63) is 45.8 Å². The third-order valence-corrected chi connectivity index (χ3v) is 8.04. The Morgan fingerprint density at radius 3 is 2.55 bits per heavy atom. The highest BCUT2D eigenvalue weighted by atomic mass is 35.5. The predicted molar refractivity (Wildman–Crippen MR) is 123 cm³/mol. The van der Waals surface area contributed by atoms with Crippen LogP contribution in [0, 0.1) is 5.92 Å². The molecular weight excluding hydrogens is 400 g/mol. The first-order valence-corrected chi connectivity index (χ1v) is 12.6. The van der Waals surface area contributed by atoms with E-state index in [9.17, 15) is 4.79 Å². The molecule has 0 N–H and O–H groups in total. The van der Waals surface area contributed by atoms with Crippen molar-refractivity contribution in [3.8, 4) is 0 Å². The highest BCUT2D eigenvalue weighted by Crippen LogP contribution is 2.47. The van der Waals surface area contributed by atoms with E-state index in [1.807, 2.05) is 18.2 Å². The summed E-state index contributed by atoms with van der Waals surface area (Å²) >= 11 is 8.00. The summed E-state index contributed by atoms with van der Waals surface area (Å²) in [5.41, 5.74) is 1.14. The zero-order valence-corrected chi connectivity index (χ0v) is 18.9. The molecule has 0 bridgehead atoms. The number of benzene rings is 1. The van der Waals surface area contributed by atoms with E-state index in [2.05, 4.69) is 21.9 Å². The Morgan fingerprint density at radius 2 is 1.79 bits per heavy atom. The second-order valence-electron chi connectivity index (χ2n) is 8.71. The minimum Gasteiger partial charge on any atom is -0.322 e. The first-order chi connectivity index (χ1) is 14.2. The Kier molecular flexibility index (Phi) is 7.60. The molecule has 158 valence electrons. The number of thioether (sulfide) groups is 1. The maximum atomic E-state index is 13.3. The molecule has 1 amide bonds. The van der Waals surface area contributed by atoms with Crippen LogP contribution in [0.5, 0.6) is 0 Å². The number of amides is 1. The van der Waals surface area contributed by atoms with Crippen LogP contribution in [0.15, 0.2) is 35.2 Å². The molecule has 2 saturated heterocycles. The minimum atomic E-state index is 0.0531. The molecule has 1 aromatic carbocycles. The van der Waals surface area contributed by atoms with Crippen LogP contribution < -0.4 is 0 Å². The van der Waals surface area contributed by atoms with Crippen LogP contribution in [-0.4, -0.2) is 41.9 Å². The summed E-state index contributed by atoms with van der Waals surface area (Å²) in [6.45, 7) is 4.35. The van der Waals surface area contributed by atoms with E-state index in [1.165, 1.54) is 64.5 Å². The first-order valence-electron chi connectivity index (χ1n) is 11.4. The summed E-state index contributed by atoms with van der Waals surface area (Å²) in [5, 5.41) is 0.797. The molecule has 1 aromatic rings. The number of likely N-dealkylation sites (tertiary alicyclic amines) is 1. The van der Waals surface area contributed by atoms with Crippen molar-refractivity contribution in [2.24, 2.45) is 5.92 Å². The lowest BCUT2D eigenvalue weighted by atomic mass is 9.89. The van der Waals surface area contributed by atoms with Crippen LogP contribution >= 0.6 is 23.4 Å². The normalized spacial score (nSPS) is 25.8. The van der Waals surface area contributed by atoms with E-state index < -0.39 is 0 Å². The van der Waals surface area contributed by atoms with Gasteiger partial charge in [-0.2, -0.15) is 0 Å². The number of piperidine rings is 1. The summed E-state index contributed by atoms with van der Waals surface area (Å²) in [5.74, 6) is 0.799. The summed E-state index contributed by atoms with van der Waals surface area (Å²) in [7, 11) is 0. The van der Waals surface area contributed by atoms with Gasteiger partial charge >= 0.3 is 0 Å². The second kappa shape index (κ2) is 10.4. The van der Waals surface area contributed by atoms with Crippen molar-refractivity contribution >= 4 is 29.3 Å². The van der Waals surface area contributed by atoms with Crippen LogP contribution in [0.1, 0.15) is 68.7 Å². The molecule has 4 rings (SSSR count). The minimum absolute atomic E-state index is 0.0531. The molecule has 0 aromatic heterocycles. The molecule has 1 aliphatic carbocycles. The fraction of sp³-hybridized carbons (Fsp3) is 0.625. The fourth-order valence-corrected chi connectivity index (χ4v) is 6.42. The molecule has 2 heterocycles. The summed E-state index contributed by atoms with van der Waals surface area (Å²) in [4.78, 5) is 18.9. The topological polar surface area (TPSA) is 23.6 Å². The highest BCUT2D eigenvalue weighted by molar-refractivity contribution is 8.04. The highest BCUT2D eigenvalue weighted by Gasteiger charge is 2.37. The van der Waals surface area contributed by atoms with Crippen molar-refractivity contribution in [1.82, 2.24) is 9.80 Å².